The molecule has 1 saturated heterocycles. The summed E-state index contributed by atoms with van der Waals surface area (Å²) in [6.45, 7) is -2.92. The van der Waals surface area contributed by atoms with E-state index >= 15 is 0 Å². The van der Waals surface area contributed by atoms with Gasteiger partial charge in [-0.2, -0.15) is 0 Å². The highest BCUT2D eigenvalue weighted by Gasteiger charge is 2.42. The first-order valence-electron chi connectivity index (χ1n) is 4.35. The van der Waals surface area contributed by atoms with Crippen LogP contribution in [0, 0.1) is 0 Å². The zero-order valence-electron chi connectivity index (χ0n) is 8.03. The Bertz CT molecular complexity index is 207. The van der Waals surface area contributed by atoms with Gasteiger partial charge in [0.15, 0.2) is 6.29 Å². The summed E-state index contributed by atoms with van der Waals surface area (Å²) in [5, 5.41) is 45.2. The van der Waals surface area contributed by atoms with Crippen LogP contribution in [0.3, 0.4) is 0 Å². The number of aliphatic hydroxyl groups is 5. The Labute approximate surface area is 71.5 Å². The van der Waals surface area contributed by atoms with Crippen LogP contribution in [0.1, 0.15) is 2.74 Å². The molecule has 0 aromatic carbocycles. The molecule has 1 aliphatic rings. The lowest BCUT2D eigenvalue weighted by Crippen LogP contribution is -2.58. The maximum absolute atomic E-state index is 9.22. The normalized spacial score (nSPS) is 52.9. The summed E-state index contributed by atoms with van der Waals surface area (Å²) in [4.78, 5) is 0. The molecule has 0 unspecified atom stereocenters. The van der Waals surface area contributed by atoms with Crippen LogP contribution in [-0.4, -0.2) is 62.8 Å². The van der Waals surface area contributed by atoms with Crippen molar-refractivity contribution in [2.75, 3.05) is 6.56 Å². The van der Waals surface area contributed by atoms with Crippen LogP contribution < -0.4 is 0 Å². The van der Waals surface area contributed by atoms with Gasteiger partial charge in [0, 0.05) is 0 Å². The van der Waals surface area contributed by atoms with E-state index in [1.165, 1.54) is 0 Å². The van der Waals surface area contributed by atoms with Crippen LogP contribution >= 0.6 is 0 Å². The van der Waals surface area contributed by atoms with Gasteiger partial charge >= 0.3 is 0 Å². The largest absolute Gasteiger partial charge is 0.394 e. The van der Waals surface area contributed by atoms with Gasteiger partial charge in [-0.3, -0.25) is 0 Å². The van der Waals surface area contributed by atoms with Gasteiger partial charge in [0.25, 0.3) is 0 Å². The van der Waals surface area contributed by atoms with Crippen molar-refractivity contribution in [3.8, 4) is 0 Å². The summed E-state index contributed by atoms with van der Waals surface area (Å²) in [5.41, 5.74) is 0. The molecule has 12 heavy (non-hydrogen) atoms. The van der Waals surface area contributed by atoms with Gasteiger partial charge in [-0.15, -0.1) is 0 Å². The van der Waals surface area contributed by atoms with Crippen LogP contribution in [0.25, 0.3) is 0 Å². The third-order valence-corrected chi connectivity index (χ3v) is 1.72. The topological polar surface area (TPSA) is 110 Å². The van der Waals surface area contributed by atoms with Crippen molar-refractivity contribution in [1.82, 2.24) is 0 Å². The summed E-state index contributed by atoms with van der Waals surface area (Å²) in [5.74, 6) is 0. The molecule has 1 rings (SSSR count). The van der Waals surface area contributed by atoms with Crippen LogP contribution in [0.2, 0.25) is 0 Å². The van der Waals surface area contributed by atoms with Crippen LogP contribution in [0.15, 0.2) is 0 Å². The molecule has 0 bridgehead atoms. The number of aliphatic hydroxyl groups excluding tert-OH is 4. The average molecular weight is 182 g/mol. The van der Waals surface area contributed by atoms with Gasteiger partial charge in [0.1, 0.15) is 24.4 Å². The van der Waals surface area contributed by atoms with Crippen LogP contribution in [0.5, 0.6) is 0 Å². The van der Waals surface area contributed by atoms with Crippen molar-refractivity contribution in [2.45, 2.75) is 30.7 Å². The predicted octanol–water partition coefficient (Wildman–Crippen LogP) is -3.22. The highest BCUT2D eigenvalue weighted by Crippen LogP contribution is 2.18. The van der Waals surface area contributed by atoms with Crippen molar-refractivity contribution in [3.63, 3.8) is 0 Å². The molecule has 5 atom stereocenters. The molecule has 72 valence electrons. The standard InChI is InChI=1S/C6H12O6/c7-1-2-3(8)4(9)5(10)6(11)12-2/h2-11H,1H2/t2-,3-,4+,5-,6-/m1/s1/i1D2. The first-order valence-corrected chi connectivity index (χ1v) is 3.35. The molecule has 5 N–H and O–H groups in total. The molecular formula is C6H12O6. The summed E-state index contributed by atoms with van der Waals surface area (Å²) in [6, 6.07) is 0. The Morgan fingerprint density at radius 3 is 2.17 bits per heavy atom. The number of rotatable bonds is 1. The molecule has 0 aromatic rings. The Morgan fingerprint density at radius 2 is 1.67 bits per heavy atom. The van der Waals surface area contributed by atoms with Crippen molar-refractivity contribution in [1.29, 1.82) is 0 Å². The Kier molecular flexibility index (Phi) is 2.19. The van der Waals surface area contributed by atoms with Gasteiger partial charge < -0.3 is 30.3 Å². The molecule has 0 amide bonds. The average Bonchev–Trinajstić information content (AvgIpc) is 2.06. The predicted molar refractivity (Wildman–Crippen MR) is 36.0 cm³/mol. The highest BCUT2D eigenvalue weighted by atomic mass is 16.6. The van der Waals surface area contributed by atoms with E-state index in [1.54, 1.807) is 0 Å². The van der Waals surface area contributed by atoms with E-state index < -0.39 is 37.3 Å². The molecule has 6 heteroatoms. The molecule has 6 nitrogen and oxygen atoms in total. The van der Waals surface area contributed by atoms with E-state index in [0.29, 0.717) is 0 Å². The first kappa shape index (κ1) is 7.19. The van der Waals surface area contributed by atoms with E-state index in [2.05, 4.69) is 4.74 Å². The number of hydrogen-bond donors (Lipinski definition) is 5. The minimum Gasteiger partial charge on any atom is -0.394 e. The van der Waals surface area contributed by atoms with Crippen molar-refractivity contribution < 1.29 is 33.0 Å². The SMILES string of the molecule is [2H]C([2H])(O)[C@H]1O[C@@H](O)[C@H](O)[C@@H](O)[C@@H]1O. The molecule has 0 saturated carbocycles. The maximum atomic E-state index is 9.22. The van der Waals surface area contributed by atoms with Gasteiger partial charge in [0.05, 0.1) is 9.30 Å². The fourth-order valence-corrected chi connectivity index (χ4v) is 0.968. The van der Waals surface area contributed by atoms with Crippen LogP contribution in [-0.2, 0) is 4.74 Å². The van der Waals surface area contributed by atoms with E-state index in [0.717, 1.165) is 0 Å². The molecule has 1 aliphatic heterocycles. The Balaban J connectivity index is 2.81. The summed E-state index contributed by atoms with van der Waals surface area (Å²) < 4.78 is 18.1. The lowest BCUT2D eigenvalue weighted by molar-refractivity contribution is -0.286. The van der Waals surface area contributed by atoms with Crippen molar-refractivity contribution in [3.05, 3.63) is 0 Å². The molecular weight excluding hydrogens is 168 g/mol. The van der Waals surface area contributed by atoms with E-state index in [1.807, 2.05) is 0 Å². The fourth-order valence-electron chi connectivity index (χ4n) is 0.968. The lowest BCUT2D eigenvalue weighted by atomic mass is 10.00. The summed E-state index contributed by atoms with van der Waals surface area (Å²) in [6.07, 6.45) is -8.97. The van der Waals surface area contributed by atoms with Gasteiger partial charge in [-0.05, 0) is 0 Å². The first-order chi connectivity index (χ1) is 6.25. The molecule has 1 fully saturated rings. The van der Waals surface area contributed by atoms with E-state index in [-0.39, 0.29) is 0 Å². The monoisotopic (exact) mass is 182 g/mol. The second kappa shape index (κ2) is 3.65. The Morgan fingerprint density at radius 1 is 1.08 bits per heavy atom. The Hall–Kier alpha value is -0.240. The zero-order valence-corrected chi connectivity index (χ0v) is 6.03. The van der Waals surface area contributed by atoms with E-state index in [9.17, 15) is 5.11 Å². The third-order valence-electron chi connectivity index (χ3n) is 1.72. The molecule has 0 aliphatic carbocycles. The minimum atomic E-state index is -2.92. The molecule has 0 spiro atoms. The number of hydrogen-bond acceptors (Lipinski definition) is 6. The highest BCUT2D eigenvalue weighted by molar-refractivity contribution is 4.87. The quantitative estimate of drug-likeness (QED) is 0.292. The van der Waals surface area contributed by atoms with Gasteiger partial charge in [-0.25, -0.2) is 0 Å². The molecule has 0 aromatic heterocycles. The maximum Gasteiger partial charge on any atom is 0.184 e. The van der Waals surface area contributed by atoms with Crippen LogP contribution in [0.4, 0.5) is 0 Å². The van der Waals surface area contributed by atoms with Gasteiger partial charge in [0.2, 0.25) is 0 Å². The molecule has 1 heterocycles. The molecule has 0 radical (unpaired) electrons. The van der Waals surface area contributed by atoms with E-state index in [4.69, 9.17) is 23.2 Å². The fraction of sp³-hybridized carbons (Fsp3) is 1.00. The van der Waals surface area contributed by atoms with Crippen molar-refractivity contribution in [2.24, 2.45) is 0 Å². The second-order valence-corrected chi connectivity index (χ2v) is 2.55. The van der Waals surface area contributed by atoms with Gasteiger partial charge in [-0.1, -0.05) is 0 Å². The van der Waals surface area contributed by atoms with Crippen molar-refractivity contribution >= 4 is 0 Å². The summed E-state index contributed by atoms with van der Waals surface area (Å²) >= 11 is 0. The second-order valence-electron chi connectivity index (χ2n) is 2.55. The smallest absolute Gasteiger partial charge is 0.184 e. The third kappa shape index (κ3) is 1.58. The number of ether oxygens (including phenoxy) is 1. The minimum absolute atomic E-state index is 1.73. The summed E-state index contributed by atoms with van der Waals surface area (Å²) in [7, 11) is 0. The zero-order chi connectivity index (χ0) is 11.1. The lowest BCUT2D eigenvalue weighted by Gasteiger charge is -2.37.